The summed E-state index contributed by atoms with van der Waals surface area (Å²) in [7, 11) is 0. The molecule has 1 aliphatic heterocycles. The molecule has 0 radical (unpaired) electrons. The zero-order valence-electron chi connectivity index (χ0n) is 10.6. The number of likely N-dealkylation sites (tertiary alicyclic amines) is 1. The smallest absolute Gasteiger partial charge is 0.320 e. The maximum Gasteiger partial charge on any atom is 0.320 e. The second-order valence-corrected chi connectivity index (χ2v) is 4.93. The highest BCUT2D eigenvalue weighted by molar-refractivity contribution is 5.73. The minimum Gasteiger partial charge on any atom is -0.480 e. The van der Waals surface area contributed by atoms with Crippen molar-refractivity contribution in [2.45, 2.75) is 58.4 Å². The van der Waals surface area contributed by atoms with Crippen molar-refractivity contribution in [1.82, 2.24) is 4.90 Å². The Hall–Kier alpha value is -0.570. The number of nitrogens with zero attached hydrogens (tertiary/aromatic N) is 1. The molecule has 1 heterocycles. The van der Waals surface area contributed by atoms with Crippen molar-refractivity contribution in [2.75, 3.05) is 13.1 Å². The molecule has 3 nitrogen and oxygen atoms in total. The van der Waals surface area contributed by atoms with Gasteiger partial charge in [-0.25, -0.2) is 0 Å². The topological polar surface area (TPSA) is 40.5 Å². The molecule has 94 valence electrons. The monoisotopic (exact) mass is 227 g/mol. The van der Waals surface area contributed by atoms with Crippen molar-refractivity contribution in [3.63, 3.8) is 0 Å². The molecule has 1 aliphatic rings. The van der Waals surface area contributed by atoms with Crippen LogP contribution in [0.4, 0.5) is 0 Å². The molecule has 0 aromatic heterocycles. The number of carboxylic acid groups (broad SMARTS) is 1. The van der Waals surface area contributed by atoms with Gasteiger partial charge >= 0.3 is 5.97 Å². The van der Waals surface area contributed by atoms with E-state index in [0.717, 1.165) is 38.3 Å². The Morgan fingerprint density at radius 1 is 1.44 bits per heavy atom. The molecule has 2 unspecified atom stereocenters. The van der Waals surface area contributed by atoms with Crippen molar-refractivity contribution in [2.24, 2.45) is 5.92 Å². The zero-order valence-corrected chi connectivity index (χ0v) is 10.6. The van der Waals surface area contributed by atoms with Crippen molar-refractivity contribution >= 4 is 5.97 Å². The average molecular weight is 227 g/mol. The highest BCUT2D eigenvalue weighted by atomic mass is 16.4. The molecule has 0 aliphatic carbocycles. The van der Waals surface area contributed by atoms with Gasteiger partial charge in [0.15, 0.2) is 0 Å². The van der Waals surface area contributed by atoms with Crippen LogP contribution in [-0.2, 0) is 4.79 Å². The van der Waals surface area contributed by atoms with Crippen LogP contribution in [0.5, 0.6) is 0 Å². The summed E-state index contributed by atoms with van der Waals surface area (Å²) in [6.07, 6.45) is 6.55. The van der Waals surface area contributed by atoms with Gasteiger partial charge in [-0.05, 0) is 31.7 Å². The Kier molecular flexibility index (Phi) is 5.81. The van der Waals surface area contributed by atoms with Crippen molar-refractivity contribution in [3.05, 3.63) is 0 Å². The van der Waals surface area contributed by atoms with E-state index in [0.29, 0.717) is 0 Å². The molecule has 16 heavy (non-hydrogen) atoms. The molecule has 1 fully saturated rings. The van der Waals surface area contributed by atoms with Gasteiger partial charge in [0.05, 0.1) is 0 Å². The fraction of sp³-hybridized carbons (Fsp3) is 0.923. The largest absolute Gasteiger partial charge is 0.480 e. The van der Waals surface area contributed by atoms with E-state index in [1.54, 1.807) is 0 Å². The SMILES string of the molecule is CCCCC(C(=O)O)N1CCC(CCC)C1. The van der Waals surface area contributed by atoms with E-state index < -0.39 is 5.97 Å². The van der Waals surface area contributed by atoms with E-state index in [1.807, 2.05) is 0 Å². The zero-order chi connectivity index (χ0) is 12.0. The Morgan fingerprint density at radius 3 is 2.75 bits per heavy atom. The Morgan fingerprint density at radius 2 is 2.19 bits per heavy atom. The van der Waals surface area contributed by atoms with Crippen LogP contribution in [0.1, 0.15) is 52.4 Å². The van der Waals surface area contributed by atoms with Crippen LogP contribution in [0.3, 0.4) is 0 Å². The number of unbranched alkanes of at least 4 members (excludes halogenated alkanes) is 1. The fourth-order valence-electron chi connectivity index (χ4n) is 2.65. The van der Waals surface area contributed by atoms with Gasteiger partial charge in [0.2, 0.25) is 0 Å². The van der Waals surface area contributed by atoms with Crippen molar-refractivity contribution in [3.8, 4) is 0 Å². The van der Waals surface area contributed by atoms with Crippen LogP contribution < -0.4 is 0 Å². The molecule has 1 rings (SSSR count). The molecule has 0 amide bonds. The average Bonchev–Trinajstić information content (AvgIpc) is 2.67. The number of carboxylic acids is 1. The molecule has 0 saturated carbocycles. The molecule has 3 heteroatoms. The summed E-state index contributed by atoms with van der Waals surface area (Å²) < 4.78 is 0. The highest BCUT2D eigenvalue weighted by Gasteiger charge is 2.31. The van der Waals surface area contributed by atoms with Gasteiger partial charge in [0, 0.05) is 6.54 Å². The van der Waals surface area contributed by atoms with Crippen LogP contribution in [0.2, 0.25) is 0 Å². The molecule has 0 bridgehead atoms. The van der Waals surface area contributed by atoms with Gasteiger partial charge in [-0.15, -0.1) is 0 Å². The summed E-state index contributed by atoms with van der Waals surface area (Å²) in [5.74, 6) is 0.0964. The molecule has 0 spiro atoms. The molecule has 0 aromatic carbocycles. The summed E-state index contributed by atoms with van der Waals surface area (Å²) in [6.45, 7) is 6.29. The van der Waals surface area contributed by atoms with E-state index >= 15 is 0 Å². The number of rotatable bonds is 7. The number of carbonyl (C=O) groups is 1. The Bertz CT molecular complexity index is 218. The van der Waals surface area contributed by atoms with Crippen LogP contribution in [0, 0.1) is 5.92 Å². The lowest BCUT2D eigenvalue weighted by Gasteiger charge is -2.24. The van der Waals surface area contributed by atoms with Gasteiger partial charge in [-0.1, -0.05) is 33.1 Å². The van der Waals surface area contributed by atoms with Gasteiger partial charge in [0.1, 0.15) is 6.04 Å². The van der Waals surface area contributed by atoms with Crippen LogP contribution in [0.15, 0.2) is 0 Å². The van der Waals surface area contributed by atoms with Crippen LogP contribution >= 0.6 is 0 Å². The normalized spacial score (nSPS) is 23.5. The van der Waals surface area contributed by atoms with Gasteiger partial charge in [0.25, 0.3) is 0 Å². The van der Waals surface area contributed by atoms with Gasteiger partial charge < -0.3 is 5.11 Å². The Labute approximate surface area is 98.8 Å². The van der Waals surface area contributed by atoms with Gasteiger partial charge in [-0.2, -0.15) is 0 Å². The molecular weight excluding hydrogens is 202 g/mol. The van der Waals surface area contributed by atoms with E-state index in [1.165, 1.54) is 19.3 Å². The standard InChI is InChI=1S/C13H25NO2/c1-3-5-7-12(13(15)16)14-9-8-11(10-14)6-4-2/h11-12H,3-10H2,1-2H3,(H,15,16). The minimum atomic E-state index is -0.634. The van der Waals surface area contributed by atoms with E-state index in [-0.39, 0.29) is 6.04 Å². The second kappa shape index (κ2) is 6.89. The number of aliphatic carboxylic acids is 1. The molecule has 1 N–H and O–H groups in total. The van der Waals surface area contributed by atoms with E-state index in [4.69, 9.17) is 0 Å². The van der Waals surface area contributed by atoms with Crippen molar-refractivity contribution < 1.29 is 9.90 Å². The Balaban J connectivity index is 2.43. The third-order valence-electron chi connectivity index (χ3n) is 3.57. The first-order valence-corrected chi connectivity index (χ1v) is 6.65. The second-order valence-electron chi connectivity index (χ2n) is 4.93. The summed E-state index contributed by atoms with van der Waals surface area (Å²) in [5.41, 5.74) is 0. The quantitative estimate of drug-likeness (QED) is 0.727. The number of hydrogen-bond acceptors (Lipinski definition) is 2. The summed E-state index contributed by atoms with van der Waals surface area (Å²) in [5, 5.41) is 9.23. The maximum atomic E-state index is 11.2. The lowest BCUT2D eigenvalue weighted by molar-refractivity contribution is -0.143. The third kappa shape index (κ3) is 3.78. The first kappa shape index (κ1) is 13.5. The minimum absolute atomic E-state index is 0.234. The number of hydrogen-bond donors (Lipinski definition) is 1. The summed E-state index contributed by atoms with van der Waals surface area (Å²) in [4.78, 5) is 13.4. The van der Waals surface area contributed by atoms with Crippen molar-refractivity contribution in [1.29, 1.82) is 0 Å². The molecule has 1 saturated heterocycles. The van der Waals surface area contributed by atoms with E-state index in [9.17, 15) is 9.90 Å². The lowest BCUT2D eigenvalue weighted by atomic mass is 10.0. The van der Waals surface area contributed by atoms with E-state index in [2.05, 4.69) is 18.7 Å². The lowest BCUT2D eigenvalue weighted by Crippen LogP contribution is -2.39. The maximum absolute atomic E-state index is 11.2. The fourth-order valence-corrected chi connectivity index (χ4v) is 2.65. The summed E-state index contributed by atoms with van der Waals surface area (Å²) >= 11 is 0. The molecule has 0 aromatic rings. The predicted molar refractivity (Wildman–Crippen MR) is 65.5 cm³/mol. The summed E-state index contributed by atoms with van der Waals surface area (Å²) in [6, 6.07) is -0.234. The highest BCUT2D eigenvalue weighted by Crippen LogP contribution is 2.24. The predicted octanol–water partition coefficient (Wildman–Crippen LogP) is 2.75. The first-order chi connectivity index (χ1) is 7.69. The van der Waals surface area contributed by atoms with Gasteiger partial charge in [-0.3, -0.25) is 9.69 Å². The van der Waals surface area contributed by atoms with Crippen LogP contribution in [-0.4, -0.2) is 35.1 Å². The van der Waals surface area contributed by atoms with Crippen LogP contribution in [0.25, 0.3) is 0 Å². The molecular formula is C13H25NO2. The molecule has 2 atom stereocenters. The first-order valence-electron chi connectivity index (χ1n) is 6.65. The third-order valence-corrected chi connectivity index (χ3v) is 3.57.